The normalized spacial score (nSPS) is 26.0. The van der Waals surface area contributed by atoms with Gasteiger partial charge in [0.1, 0.15) is 18.7 Å². The predicted molar refractivity (Wildman–Crippen MR) is 142 cm³/mol. The van der Waals surface area contributed by atoms with Gasteiger partial charge in [-0.3, -0.25) is 19.2 Å². The summed E-state index contributed by atoms with van der Waals surface area (Å²) in [6.45, 7) is 6.50. The molecule has 0 aliphatic carbocycles. The average molecular weight is 526 g/mol. The van der Waals surface area contributed by atoms with E-state index in [1.807, 2.05) is 20.0 Å². The second-order valence-electron chi connectivity index (χ2n) is 10.5. The summed E-state index contributed by atoms with van der Waals surface area (Å²) in [7, 11) is 1.85. The van der Waals surface area contributed by atoms with E-state index in [0.717, 1.165) is 36.9 Å². The van der Waals surface area contributed by atoms with Crippen molar-refractivity contribution in [3.63, 3.8) is 0 Å². The van der Waals surface area contributed by atoms with E-state index in [9.17, 15) is 19.2 Å². The number of cyclic esters (lactones) is 1. The van der Waals surface area contributed by atoms with Gasteiger partial charge in [0, 0.05) is 29.9 Å². The molecule has 3 aliphatic rings. The van der Waals surface area contributed by atoms with Crippen LogP contribution in [0.2, 0.25) is 0 Å². The number of carbonyl (C=O) groups is 4. The molecule has 10 heteroatoms. The fraction of sp³-hybridized carbons (Fsp3) is 0.571. The van der Waals surface area contributed by atoms with Crippen molar-refractivity contribution in [2.24, 2.45) is 0 Å². The Bertz CT molecular complexity index is 1080. The lowest BCUT2D eigenvalue weighted by Gasteiger charge is -2.36. The highest BCUT2D eigenvalue weighted by Gasteiger charge is 2.43. The first kappa shape index (κ1) is 27.6. The molecule has 1 aromatic rings. The highest BCUT2D eigenvalue weighted by Crippen LogP contribution is 2.31. The minimum atomic E-state index is -0.517. The van der Waals surface area contributed by atoms with Crippen molar-refractivity contribution < 1.29 is 23.9 Å². The van der Waals surface area contributed by atoms with Gasteiger partial charge in [-0.05, 0) is 57.4 Å². The van der Waals surface area contributed by atoms with E-state index < -0.39 is 12.1 Å². The van der Waals surface area contributed by atoms with Gasteiger partial charge >= 0.3 is 5.97 Å². The van der Waals surface area contributed by atoms with Crippen molar-refractivity contribution in [3.05, 3.63) is 47.7 Å². The van der Waals surface area contributed by atoms with E-state index in [2.05, 4.69) is 27.8 Å². The molecule has 3 aliphatic heterocycles. The lowest BCUT2D eigenvalue weighted by Crippen LogP contribution is -2.56. The monoisotopic (exact) mass is 525 g/mol. The first-order valence-electron chi connectivity index (χ1n) is 13.5. The Labute approximate surface area is 223 Å². The molecule has 0 aromatic heterocycles. The number of amides is 3. The quantitative estimate of drug-likeness (QED) is 0.359. The number of esters is 1. The first-order valence-corrected chi connectivity index (χ1v) is 13.5. The Morgan fingerprint density at radius 3 is 2.66 bits per heavy atom. The van der Waals surface area contributed by atoms with Crippen molar-refractivity contribution >= 4 is 23.7 Å². The van der Waals surface area contributed by atoms with Gasteiger partial charge in [-0.1, -0.05) is 31.6 Å². The summed E-state index contributed by atoms with van der Waals surface area (Å²) in [6.07, 6.45) is 5.20. The van der Waals surface area contributed by atoms with Crippen LogP contribution in [0.25, 0.3) is 0 Å². The lowest BCUT2D eigenvalue weighted by molar-refractivity contribution is -0.142. The van der Waals surface area contributed by atoms with Crippen LogP contribution in [-0.4, -0.2) is 72.5 Å². The molecule has 3 heterocycles. The number of hydrogen-bond donors (Lipinski definition) is 4. The Morgan fingerprint density at radius 1 is 1.13 bits per heavy atom. The van der Waals surface area contributed by atoms with Gasteiger partial charge in [-0.25, -0.2) is 0 Å². The van der Waals surface area contributed by atoms with Crippen LogP contribution in [0.15, 0.2) is 36.5 Å². The molecular formula is C28H39N5O5. The molecule has 4 rings (SSSR count). The molecule has 5 atom stereocenters. The van der Waals surface area contributed by atoms with Crippen LogP contribution in [0.5, 0.6) is 0 Å². The van der Waals surface area contributed by atoms with Crippen molar-refractivity contribution in [3.8, 4) is 0 Å². The molecule has 0 saturated carbocycles. The molecular weight excluding hydrogens is 486 g/mol. The third-order valence-corrected chi connectivity index (χ3v) is 7.80. The van der Waals surface area contributed by atoms with Crippen molar-refractivity contribution in [2.75, 3.05) is 13.7 Å². The van der Waals surface area contributed by atoms with Crippen LogP contribution in [0, 0.1) is 0 Å². The summed E-state index contributed by atoms with van der Waals surface area (Å²) in [6, 6.07) is 5.85. The SMILES string of the molecule is C=C(N[C@H]1CCCC[C@H]2CC[C@@H](C(=O)NCc3cccc(C(=O)N[C@@H]4COC(=O)C4)c3)N2C1=O)[C@H](C)NC. The number of hydrogen-bond acceptors (Lipinski definition) is 7. The molecule has 4 N–H and O–H groups in total. The average Bonchev–Trinajstić information content (AvgIpc) is 3.52. The Morgan fingerprint density at radius 2 is 1.92 bits per heavy atom. The number of ether oxygens (including phenoxy) is 1. The molecule has 0 bridgehead atoms. The van der Waals surface area contributed by atoms with E-state index in [1.165, 1.54) is 0 Å². The van der Waals surface area contributed by atoms with Gasteiger partial charge in [-0.15, -0.1) is 0 Å². The van der Waals surface area contributed by atoms with E-state index >= 15 is 0 Å². The van der Waals surface area contributed by atoms with Gasteiger partial charge in [0.2, 0.25) is 11.8 Å². The Hall–Kier alpha value is -3.40. The van der Waals surface area contributed by atoms with Gasteiger partial charge in [0.05, 0.1) is 12.5 Å². The second kappa shape index (κ2) is 12.4. The highest BCUT2D eigenvalue weighted by atomic mass is 16.5. The number of benzene rings is 1. The van der Waals surface area contributed by atoms with Crippen LogP contribution < -0.4 is 21.3 Å². The van der Waals surface area contributed by atoms with Gasteiger partial charge in [0.15, 0.2) is 0 Å². The Kier molecular flexibility index (Phi) is 9.04. The maximum atomic E-state index is 13.6. The molecule has 3 amide bonds. The fourth-order valence-corrected chi connectivity index (χ4v) is 5.45. The third kappa shape index (κ3) is 6.53. The fourth-order valence-electron chi connectivity index (χ4n) is 5.45. The van der Waals surface area contributed by atoms with Crippen molar-refractivity contribution in [1.82, 2.24) is 26.2 Å². The zero-order chi connectivity index (χ0) is 27.2. The van der Waals surface area contributed by atoms with E-state index in [1.54, 1.807) is 23.1 Å². The van der Waals surface area contributed by atoms with Gasteiger partial charge in [0.25, 0.3) is 5.91 Å². The summed E-state index contributed by atoms with van der Waals surface area (Å²) >= 11 is 0. The van der Waals surface area contributed by atoms with Crippen molar-refractivity contribution in [2.45, 2.75) is 88.6 Å². The molecule has 1 aromatic carbocycles. The molecule has 0 radical (unpaired) electrons. The lowest BCUT2D eigenvalue weighted by atomic mass is 9.98. The smallest absolute Gasteiger partial charge is 0.308 e. The first-order chi connectivity index (χ1) is 18.3. The largest absolute Gasteiger partial charge is 0.463 e. The minimum absolute atomic E-state index is 0.0218. The third-order valence-electron chi connectivity index (χ3n) is 7.80. The van der Waals surface area contributed by atoms with Crippen LogP contribution in [-0.2, 0) is 25.7 Å². The highest BCUT2D eigenvalue weighted by molar-refractivity contribution is 5.95. The zero-order valence-electron chi connectivity index (χ0n) is 22.3. The van der Waals surface area contributed by atoms with Crippen LogP contribution in [0.3, 0.4) is 0 Å². The molecule has 0 spiro atoms. The number of rotatable bonds is 9. The Balaban J connectivity index is 1.37. The topological polar surface area (TPSA) is 129 Å². The zero-order valence-corrected chi connectivity index (χ0v) is 22.3. The van der Waals surface area contributed by atoms with E-state index in [4.69, 9.17) is 4.74 Å². The van der Waals surface area contributed by atoms with Gasteiger partial charge in [-0.2, -0.15) is 0 Å². The molecule has 206 valence electrons. The van der Waals surface area contributed by atoms with E-state index in [-0.39, 0.29) is 61.4 Å². The summed E-state index contributed by atoms with van der Waals surface area (Å²) in [4.78, 5) is 52.6. The molecule has 3 saturated heterocycles. The van der Waals surface area contributed by atoms with Crippen LogP contribution in [0.1, 0.15) is 67.8 Å². The number of fused-ring (bicyclic) bond motifs is 1. The second-order valence-corrected chi connectivity index (χ2v) is 10.5. The number of nitrogens with one attached hydrogen (secondary N) is 4. The number of nitrogens with zero attached hydrogens (tertiary/aromatic N) is 1. The number of carbonyl (C=O) groups excluding carboxylic acids is 4. The summed E-state index contributed by atoms with van der Waals surface area (Å²) in [5.74, 6) is -0.832. The van der Waals surface area contributed by atoms with Crippen LogP contribution in [0.4, 0.5) is 0 Å². The molecule has 3 fully saturated rings. The summed E-state index contributed by atoms with van der Waals surface area (Å²) < 4.78 is 4.90. The maximum Gasteiger partial charge on any atom is 0.308 e. The van der Waals surface area contributed by atoms with Crippen molar-refractivity contribution in [1.29, 1.82) is 0 Å². The maximum absolute atomic E-state index is 13.6. The molecule has 38 heavy (non-hydrogen) atoms. The standard InChI is InChI=1S/C28H39N5O5/c1-17(29-3)18(2)31-23-10-5-4-9-22-11-12-24(33(22)28(23)37)27(36)30-15-19-7-6-8-20(13-19)26(35)32-21-14-25(34)38-16-21/h6-8,13,17,21-24,29,31H,2,4-5,9-12,14-16H2,1,3H3,(H,30,36)(H,32,35)/t17-,21-,22-,23-,24-/m0/s1. The number of likely N-dealkylation sites (N-methyl/N-ethyl adjacent to an activating group) is 1. The van der Waals surface area contributed by atoms with E-state index in [0.29, 0.717) is 18.4 Å². The minimum Gasteiger partial charge on any atom is -0.463 e. The summed E-state index contributed by atoms with van der Waals surface area (Å²) in [5.41, 5.74) is 1.98. The van der Waals surface area contributed by atoms with Gasteiger partial charge < -0.3 is 30.9 Å². The van der Waals surface area contributed by atoms with Crippen LogP contribution >= 0.6 is 0 Å². The molecule has 0 unspecified atom stereocenters. The molecule has 10 nitrogen and oxygen atoms in total. The summed E-state index contributed by atoms with van der Waals surface area (Å²) in [5, 5.41) is 12.2. The predicted octanol–water partition coefficient (Wildman–Crippen LogP) is 1.36.